The van der Waals surface area contributed by atoms with Crippen molar-refractivity contribution in [3.8, 4) is 0 Å². The number of hydrogen-bond donors (Lipinski definition) is 2. The predicted octanol–water partition coefficient (Wildman–Crippen LogP) is 0.641. The van der Waals surface area contributed by atoms with Crippen LogP contribution in [0.1, 0.15) is 32.6 Å². The van der Waals surface area contributed by atoms with Gasteiger partial charge in [0.25, 0.3) is 0 Å². The molecule has 0 aromatic heterocycles. The first-order valence-corrected chi connectivity index (χ1v) is 7.84. The van der Waals surface area contributed by atoms with Gasteiger partial charge in [0.2, 0.25) is 0 Å². The second-order valence-corrected chi connectivity index (χ2v) is 7.15. The smallest absolute Gasteiger partial charge is 0.311 e. The van der Waals surface area contributed by atoms with Crippen LogP contribution >= 0.6 is 0 Å². The summed E-state index contributed by atoms with van der Waals surface area (Å²) in [6.45, 7) is 1.82. The fourth-order valence-corrected chi connectivity index (χ4v) is 3.73. The monoisotopic (exact) mass is 263 g/mol. The Labute approximate surface area is 102 Å². The Balaban J connectivity index is 2.71. The first-order chi connectivity index (χ1) is 7.88. The van der Waals surface area contributed by atoms with Crippen LogP contribution in [-0.2, 0) is 14.6 Å². The van der Waals surface area contributed by atoms with Crippen molar-refractivity contribution in [2.75, 3.05) is 18.1 Å². The van der Waals surface area contributed by atoms with E-state index >= 15 is 0 Å². The van der Waals surface area contributed by atoms with Gasteiger partial charge in [0.15, 0.2) is 0 Å². The van der Waals surface area contributed by atoms with Gasteiger partial charge >= 0.3 is 5.97 Å². The highest BCUT2D eigenvalue weighted by molar-refractivity contribution is 7.91. The largest absolute Gasteiger partial charge is 0.481 e. The molecule has 6 heteroatoms. The molecule has 1 atom stereocenters. The standard InChI is InChI=1S/C11H21NO4S/c1-2-6-17(15,16)7-5-11(8-12,10(13)14)9-3-4-9/h9H,2-8,12H2,1H3,(H,13,14). The van der Waals surface area contributed by atoms with Crippen LogP contribution in [0.25, 0.3) is 0 Å². The second-order valence-electron chi connectivity index (χ2n) is 4.84. The van der Waals surface area contributed by atoms with Gasteiger partial charge in [-0.25, -0.2) is 8.42 Å². The number of carbonyl (C=O) groups is 1. The maximum Gasteiger partial charge on any atom is 0.311 e. The number of sulfone groups is 1. The van der Waals surface area contributed by atoms with Gasteiger partial charge in [-0.15, -0.1) is 0 Å². The molecule has 0 heterocycles. The zero-order chi connectivity index (χ0) is 13.1. The van der Waals surface area contributed by atoms with E-state index in [0.717, 1.165) is 12.8 Å². The van der Waals surface area contributed by atoms with Gasteiger partial charge in [0.05, 0.1) is 11.2 Å². The minimum Gasteiger partial charge on any atom is -0.481 e. The molecule has 0 aromatic rings. The Morgan fingerprint density at radius 2 is 2.00 bits per heavy atom. The Bertz CT molecular complexity index is 375. The molecule has 0 bridgehead atoms. The van der Waals surface area contributed by atoms with Gasteiger partial charge < -0.3 is 10.8 Å². The van der Waals surface area contributed by atoms with E-state index in [1.165, 1.54) is 0 Å². The molecule has 1 aliphatic rings. The van der Waals surface area contributed by atoms with Gasteiger partial charge in [0, 0.05) is 12.3 Å². The predicted molar refractivity (Wildman–Crippen MR) is 65.4 cm³/mol. The van der Waals surface area contributed by atoms with E-state index in [1.54, 1.807) is 6.92 Å². The molecule has 5 nitrogen and oxygen atoms in total. The topological polar surface area (TPSA) is 97.5 Å². The maximum atomic E-state index is 11.6. The van der Waals surface area contributed by atoms with Gasteiger partial charge in [0.1, 0.15) is 9.84 Å². The lowest BCUT2D eigenvalue weighted by molar-refractivity contribution is -0.149. The lowest BCUT2D eigenvalue weighted by atomic mass is 9.80. The molecule has 0 saturated heterocycles. The van der Waals surface area contributed by atoms with Gasteiger partial charge in [-0.3, -0.25) is 4.79 Å². The zero-order valence-corrected chi connectivity index (χ0v) is 11.0. The Morgan fingerprint density at radius 3 is 2.35 bits per heavy atom. The van der Waals surface area contributed by atoms with E-state index < -0.39 is 21.2 Å². The van der Waals surface area contributed by atoms with Crippen LogP contribution in [0.3, 0.4) is 0 Å². The van der Waals surface area contributed by atoms with E-state index in [2.05, 4.69) is 0 Å². The highest BCUT2D eigenvalue weighted by Gasteiger charge is 2.50. The van der Waals surface area contributed by atoms with Gasteiger partial charge in [-0.2, -0.15) is 0 Å². The fraction of sp³-hybridized carbons (Fsp3) is 0.909. The molecule has 1 saturated carbocycles. The van der Waals surface area contributed by atoms with Crippen LogP contribution < -0.4 is 5.73 Å². The van der Waals surface area contributed by atoms with Crippen LogP contribution in [0.5, 0.6) is 0 Å². The number of hydrogen-bond acceptors (Lipinski definition) is 4. The molecule has 0 radical (unpaired) electrons. The van der Waals surface area contributed by atoms with Crippen molar-refractivity contribution in [1.82, 2.24) is 0 Å². The van der Waals surface area contributed by atoms with E-state index in [0.29, 0.717) is 6.42 Å². The summed E-state index contributed by atoms with van der Waals surface area (Å²) in [5.41, 5.74) is 4.55. The summed E-state index contributed by atoms with van der Waals surface area (Å²) in [6.07, 6.45) is 2.40. The molecule has 3 N–H and O–H groups in total. The van der Waals surface area contributed by atoms with Crippen LogP contribution in [0.2, 0.25) is 0 Å². The third-order valence-electron chi connectivity index (χ3n) is 3.52. The SMILES string of the molecule is CCCS(=O)(=O)CCC(CN)(C(=O)O)C1CC1. The van der Waals surface area contributed by atoms with Crippen molar-refractivity contribution in [3.63, 3.8) is 0 Å². The summed E-state index contributed by atoms with van der Waals surface area (Å²) in [5, 5.41) is 9.29. The number of carboxylic acids is 1. The number of rotatable bonds is 8. The van der Waals surface area contributed by atoms with Crippen molar-refractivity contribution in [2.24, 2.45) is 17.1 Å². The Morgan fingerprint density at radius 1 is 1.41 bits per heavy atom. The molecule has 0 aromatic carbocycles. The summed E-state index contributed by atoms with van der Waals surface area (Å²) in [5.74, 6) is -0.838. The molecule has 0 amide bonds. The minimum atomic E-state index is -3.13. The first-order valence-electron chi connectivity index (χ1n) is 6.02. The zero-order valence-electron chi connectivity index (χ0n) is 10.2. The summed E-state index contributed by atoms with van der Waals surface area (Å²) >= 11 is 0. The summed E-state index contributed by atoms with van der Waals surface area (Å²) < 4.78 is 23.3. The molecule has 100 valence electrons. The van der Waals surface area contributed by atoms with Gasteiger partial charge in [-0.05, 0) is 31.6 Å². The third kappa shape index (κ3) is 3.42. The Kier molecular flexibility index (Phi) is 4.55. The summed E-state index contributed by atoms with van der Waals surface area (Å²) in [6, 6.07) is 0. The van der Waals surface area contributed by atoms with E-state index in [9.17, 15) is 18.3 Å². The molecule has 1 unspecified atom stereocenters. The van der Waals surface area contributed by atoms with Crippen LogP contribution in [0.15, 0.2) is 0 Å². The first kappa shape index (κ1) is 14.4. The Hall–Kier alpha value is -0.620. The average Bonchev–Trinajstić information content (AvgIpc) is 3.03. The minimum absolute atomic E-state index is 0.0225. The quantitative estimate of drug-likeness (QED) is 0.669. The van der Waals surface area contributed by atoms with Crippen molar-refractivity contribution >= 4 is 15.8 Å². The average molecular weight is 263 g/mol. The second kappa shape index (κ2) is 5.35. The van der Waals surface area contributed by atoms with Crippen molar-refractivity contribution in [2.45, 2.75) is 32.6 Å². The summed E-state index contributed by atoms with van der Waals surface area (Å²) in [7, 11) is -3.13. The highest BCUT2D eigenvalue weighted by atomic mass is 32.2. The molecular weight excluding hydrogens is 242 g/mol. The van der Waals surface area contributed by atoms with Crippen LogP contribution in [0, 0.1) is 11.3 Å². The van der Waals surface area contributed by atoms with Crippen LogP contribution in [-0.4, -0.2) is 37.5 Å². The van der Waals surface area contributed by atoms with E-state index in [1.807, 2.05) is 0 Å². The fourth-order valence-electron chi connectivity index (χ4n) is 2.23. The molecule has 1 fully saturated rings. The van der Waals surface area contributed by atoms with Crippen molar-refractivity contribution < 1.29 is 18.3 Å². The molecule has 1 aliphatic carbocycles. The summed E-state index contributed by atoms with van der Waals surface area (Å²) in [4.78, 5) is 11.3. The highest BCUT2D eigenvalue weighted by Crippen LogP contribution is 2.47. The van der Waals surface area contributed by atoms with Gasteiger partial charge in [-0.1, -0.05) is 6.92 Å². The molecule has 17 heavy (non-hydrogen) atoms. The lowest BCUT2D eigenvalue weighted by Crippen LogP contribution is -2.42. The van der Waals surface area contributed by atoms with Crippen molar-refractivity contribution in [3.05, 3.63) is 0 Å². The normalized spacial score (nSPS) is 19.9. The number of nitrogens with two attached hydrogens (primary N) is 1. The van der Waals surface area contributed by atoms with Crippen molar-refractivity contribution in [1.29, 1.82) is 0 Å². The number of aliphatic carboxylic acids is 1. The molecule has 0 aliphatic heterocycles. The molecule has 1 rings (SSSR count). The third-order valence-corrected chi connectivity index (χ3v) is 5.38. The maximum absolute atomic E-state index is 11.6. The van der Waals surface area contributed by atoms with E-state index in [4.69, 9.17) is 5.73 Å². The number of carboxylic acid groups (broad SMARTS) is 1. The lowest BCUT2D eigenvalue weighted by Gasteiger charge is -2.27. The van der Waals surface area contributed by atoms with Crippen LogP contribution in [0.4, 0.5) is 0 Å². The van der Waals surface area contributed by atoms with E-state index in [-0.39, 0.29) is 30.4 Å². The molecular formula is C11H21NO4S. The molecule has 0 spiro atoms.